The van der Waals surface area contributed by atoms with E-state index >= 15 is 0 Å². The quantitative estimate of drug-likeness (QED) is 0.394. The molecule has 0 unspecified atom stereocenters. The minimum Gasteiger partial charge on any atom is -0.493 e. The summed E-state index contributed by atoms with van der Waals surface area (Å²) in [5.41, 5.74) is 1.90. The molecule has 7 nitrogen and oxygen atoms in total. The second kappa shape index (κ2) is 11.0. The molecule has 0 atom stereocenters. The van der Waals surface area contributed by atoms with Crippen LogP contribution >= 0.6 is 0 Å². The van der Waals surface area contributed by atoms with E-state index in [1.54, 1.807) is 30.9 Å². The van der Waals surface area contributed by atoms with Crippen molar-refractivity contribution in [3.8, 4) is 11.5 Å². The number of guanidine groups is 1. The standard InChI is InChI=1S/C21H30N4O3/c1-5-28-18-12-11-17(15-19(18)27-4)24-21(22-3)23-13-6-7-14-25-16(2)9-8-10-20(25)26/h8-12,15H,5-7,13-14H2,1-4H3,(H2,22,23,24). The highest BCUT2D eigenvalue weighted by molar-refractivity contribution is 5.93. The van der Waals surface area contributed by atoms with Gasteiger partial charge in [0, 0.05) is 43.7 Å². The molecule has 2 rings (SSSR count). The van der Waals surface area contributed by atoms with E-state index in [0.29, 0.717) is 24.1 Å². The molecule has 0 radical (unpaired) electrons. The van der Waals surface area contributed by atoms with Gasteiger partial charge < -0.3 is 24.7 Å². The average molecular weight is 386 g/mol. The first-order chi connectivity index (χ1) is 13.6. The molecule has 0 spiro atoms. The van der Waals surface area contributed by atoms with E-state index in [0.717, 1.165) is 37.3 Å². The third-order valence-electron chi connectivity index (χ3n) is 4.32. The lowest BCUT2D eigenvalue weighted by molar-refractivity contribution is 0.311. The fourth-order valence-electron chi connectivity index (χ4n) is 2.85. The molecule has 0 aliphatic heterocycles. The van der Waals surface area contributed by atoms with Crippen molar-refractivity contribution in [2.75, 3.05) is 32.6 Å². The van der Waals surface area contributed by atoms with Crippen LogP contribution in [0, 0.1) is 6.92 Å². The molecule has 2 aromatic rings. The largest absolute Gasteiger partial charge is 0.493 e. The molecule has 1 aromatic carbocycles. The summed E-state index contributed by atoms with van der Waals surface area (Å²) in [7, 11) is 3.35. The fourth-order valence-corrected chi connectivity index (χ4v) is 2.85. The van der Waals surface area contributed by atoms with Crippen LogP contribution in [0.25, 0.3) is 0 Å². The molecule has 1 aromatic heterocycles. The van der Waals surface area contributed by atoms with E-state index < -0.39 is 0 Å². The van der Waals surface area contributed by atoms with Gasteiger partial charge in [0.15, 0.2) is 17.5 Å². The van der Waals surface area contributed by atoms with Crippen LogP contribution in [0.15, 0.2) is 46.2 Å². The molecule has 7 heteroatoms. The van der Waals surface area contributed by atoms with Gasteiger partial charge in [-0.2, -0.15) is 0 Å². The van der Waals surface area contributed by atoms with Gasteiger partial charge in [-0.15, -0.1) is 0 Å². The van der Waals surface area contributed by atoms with E-state index in [1.165, 1.54) is 0 Å². The van der Waals surface area contributed by atoms with Gasteiger partial charge in [-0.25, -0.2) is 0 Å². The number of pyridine rings is 1. The molecule has 0 aliphatic rings. The monoisotopic (exact) mass is 386 g/mol. The first kappa shape index (κ1) is 21.3. The molecule has 152 valence electrons. The molecule has 0 fully saturated rings. The number of aliphatic imine (C=N–C) groups is 1. The van der Waals surface area contributed by atoms with E-state index in [9.17, 15) is 4.79 Å². The van der Waals surface area contributed by atoms with E-state index in [2.05, 4.69) is 15.6 Å². The summed E-state index contributed by atoms with van der Waals surface area (Å²) in [4.78, 5) is 16.1. The van der Waals surface area contributed by atoms with Gasteiger partial charge in [-0.1, -0.05) is 6.07 Å². The molecule has 0 aliphatic carbocycles. The molecule has 0 amide bonds. The van der Waals surface area contributed by atoms with Gasteiger partial charge in [-0.3, -0.25) is 9.79 Å². The Morgan fingerprint density at radius 2 is 2.00 bits per heavy atom. The van der Waals surface area contributed by atoms with Crippen LogP contribution < -0.4 is 25.7 Å². The molecule has 0 saturated carbocycles. The summed E-state index contributed by atoms with van der Waals surface area (Å²) in [6.45, 7) is 5.95. The lowest BCUT2D eigenvalue weighted by Gasteiger charge is -2.15. The van der Waals surface area contributed by atoms with Crippen LogP contribution in [0.3, 0.4) is 0 Å². The van der Waals surface area contributed by atoms with Gasteiger partial charge in [0.25, 0.3) is 5.56 Å². The molecular weight excluding hydrogens is 356 g/mol. The van der Waals surface area contributed by atoms with Crippen molar-refractivity contribution in [1.82, 2.24) is 9.88 Å². The average Bonchev–Trinajstić information content (AvgIpc) is 2.69. The van der Waals surface area contributed by atoms with Crippen LogP contribution in [0.2, 0.25) is 0 Å². The lowest BCUT2D eigenvalue weighted by Crippen LogP contribution is -2.31. The fraction of sp³-hybridized carbons (Fsp3) is 0.429. The summed E-state index contributed by atoms with van der Waals surface area (Å²) >= 11 is 0. The lowest BCUT2D eigenvalue weighted by atomic mass is 10.2. The summed E-state index contributed by atoms with van der Waals surface area (Å²) in [6, 6.07) is 11.0. The third kappa shape index (κ3) is 6.04. The molecule has 2 N–H and O–H groups in total. The predicted molar refractivity (Wildman–Crippen MR) is 114 cm³/mol. The van der Waals surface area contributed by atoms with Crippen molar-refractivity contribution in [2.45, 2.75) is 33.2 Å². The van der Waals surface area contributed by atoms with Crippen molar-refractivity contribution in [3.63, 3.8) is 0 Å². The number of anilines is 1. The maximum atomic E-state index is 11.9. The first-order valence-electron chi connectivity index (χ1n) is 9.54. The Kier molecular flexibility index (Phi) is 8.39. The van der Waals surface area contributed by atoms with Gasteiger partial charge in [0.2, 0.25) is 0 Å². The Bertz CT molecular complexity index is 846. The van der Waals surface area contributed by atoms with Crippen LogP contribution in [0.5, 0.6) is 11.5 Å². The molecule has 0 bridgehead atoms. The zero-order valence-electron chi connectivity index (χ0n) is 17.1. The maximum Gasteiger partial charge on any atom is 0.250 e. The smallest absolute Gasteiger partial charge is 0.250 e. The second-order valence-electron chi connectivity index (χ2n) is 6.29. The maximum absolute atomic E-state index is 11.9. The number of aryl methyl sites for hydroxylation is 1. The Morgan fingerprint density at radius 1 is 1.18 bits per heavy atom. The molecule has 1 heterocycles. The minimum atomic E-state index is 0.0508. The van der Waals surface area contributed by atoms with Crippen LogP contribution in [0.4, 0.5) is 5.69 Å². The summed E-state index contributed by atoms with van der Waals surface area (Å²) in [5, 5.41) is 6.54. The van der Waals surface area contributed by atoms with Crippen LogP contribution in [-0.4, -0.2) is 37.8 Å². The van der Waals surface area contributed by atoms with E-state index in [-0.39, 0.29) is 5.56 Å². The first-order valence-corrected chi connectivity index (χ1v) is 9.54. The summed E-state index contributed by atoms with van der Waals surface area (Å²) in [6.07, 6.45) is 1.83. The SMILES string of the molecule is CCOc1ccc(NC(=NC)NCCCCn2c(C)cccc2=O)cc1OC. The van der Waals surface area contributed by atoms with Gasteiger partial charge >= 0.3 is 0 Å². The van der Waals surface area contributed by atoms with Gasteiger partial charge in [0.1, 0.15) is 0 Å². The number of nitrogens with zero attached hydrogens (tertiary/aromatic N) is 2. The van der Waals surface area contributed by atoms with Crippen LogP contribution in [-0.2, 0) is 6.54 Å². The number of rotatable bonds is 9. The number of aromatic nitrogens is 1. The van der Waals surface area contributed by atoms with E-state index in [4.69, 9.17) is 9.47 Å². The van der Waals surface area contributed by atoms with Crippen molar-refractivity contribution < 1.29 is 9.47 Å². The number of unbranched alkanes of at least 4 members (excludes halogenated alkanes) is 1. The zero-order valence-corrected chi connectivity index (χ0v) is 17.1. The normalized spacial score (nSPS) is 11.2. The topological polar surface area (TPSA) is 76.9 Å². The third-order valence-corrected chi connectivity index (χ3v) is 4.32. The Hall–Kier alpha value is -2.96. The Labute approximate surface area is 166 Å². The van der Waals surface area contributed by atoms with Gasteiger partial charge in [0.05, 0.1) is 13.7 Å². The minimum absolute atomic E-state index is 0.0508. The number of hydrogen-bond donors (Lipinski definition) is 2. The Balaban J connectivity index is 1.82. The summed E-state index contributed by atoms with van der Waals surface area (Å²) < 4.78 is 12.7. The Morgan fingerprint density at radius 3 is 2.68 bits per heavy atom. The molecule has 0 saturated heterocycles. The predicted octanol–water partition coefficient (Wildman–Crippen LogP) is 3.03. The molecule has 28 heavy (non-hydrogen) atoms. The van der Waals surface area contributed by atoms with Crippen molar-refractivity contribution in [1.29, 1.82) is 0 Å². The zero-order chi connectivity index (χ0) is 20.4. The highest BCUT2D eigenvalue weighted by atomic mass is 16.5. The van der Waals surface area contributed by atoms with Gasteiger partial charge in [-0.05, 0) is 44.9 Å². The highest BCUT2D eigenvalue weighted by Crippen LogP contribution is 2.30. The number of ether oxygens (including phenoxy) is 2. The van der Waals surface area contributed by atoms with E-state index in [1.807, 2.05) is 38.1 Å². The van der Waals surface area contributed by atoms with Crippen molar-refractivity contribution >= 4 is 11.6 Å². The number of methoxy groups -OCH3 is 1. The molecular formula is C21H30N4O3. The van der Waals surface area contributed by atoms with Crippen molar-refractivity contribution in [2.24, 2.45) is 4.99 Å². The highest BCUT2D eigenvalue weighted by Gasteiger charge is 2.07. The number of nitrogens with one attached hydrogen (secondary N) is 2. The summed E-state index contributed by atoms with van der Waals surface area (Å²) in [5.74, 6) is 2.06. The van der Waals surface area contributed by atoms with Crippen LogP contribution in [0.1, 0.15) is 25.5 Å². The number of benzene rings is 1. The number of hydrogen-bond acceptors (Lipinski definition) is 4. The van der Waals surface area contributed by atoms with Crippen molar-refractivity contribution in [3.05, 3.63) is 52.4 Å². The second-order valence-corrected chi connectivity index (χ2v) is 6.29.